The predicted molar refractivity (Wildman–Crippen MR) is 63.8 cm³/mol. The van der Waals surface area contributed by atoms with E-state index in [4.69, 9.17) is 15.0 Å². The van der Waals surface area contributed by atoms with Crippen LogP contribution in [-0.4, -0.2) is 44.4 Å². The molecule has 1 aliphatic carbocycles. The van der Waals surface area contributed by atoms with Crippen molar-refractivity contribution in [2.45, 2.75) is 31.8 Å². The highest BCUT2D eigenvalue weighted by Crippen LogP contribution is 2.54. The van der Waals surface area contributed by atoms with Crippen molar-refractivity contribution in [3.05, 3.63) is 10.4 Å². The van der Waals surface area contributed by atoms with Crippen LogP contribution in [0.4, 0.5) is 0 Å². The molecule has 0 aromatic rings. The summed E-state index contributed by atoms with van der Waals surface area (Å²) >= 11 is 0. The van der Waals surface area contributed by atoms with Crippen LogP contribution >= 0.6 is 0 Å². The van der Waals surface area contributed by atoms with Gasteiger partial charge in [-0.3, -0.25) is 4.79 Å². The molecule has 0 spiro atoms. The van der Waals surface area contributed by atoms with Crippen LogP contribution in [0.15, 0.2) is 5.11 Å². The number of esters is 1. The van der Waals surface area contributed by atoms with E-state index >= 15 is 0 Å². The quantitative estimate of drug-likeness (QED) is 0.241. The first-order valence-corrected chi connectivity index (χ1v) is 6.23. The van der Waals surface area contributed by atoms with Crippen LogP contribution in [0.2, 0.25) is 0 Å². The number of carbonyl (C=O) groups is 1. The van der Waals surface area contributed by atoms with E-state index < -0.39 is 0 Å². The number of ether oxygens (including phenoxy) is 2. The van der Waals surface area contributed by atoms with E-state index in [9.17, 15) is 4.79 Å². The number of nitrogens with zero attached hydrogens (tertiary/aromatic N) is 3. The zero-order valence-electron chi connectivity index (χ0n) is 10.5. The number of nitrogens with one attached hydrogen (secondary N) is 1. The molecule has 0 unspecified atom stereocenters. The molecule has 2 rings (SSSR count). The van der Waals surface area contributed by atoms with Gasteiger partial charge in [-0.15, -0.1) is 0 Å². The summed E-state index contributed by atoms with van der Waals surface area (Å²) in [5, 5.41) is 6.67. The van der Waals surface area contributed by atoms with E-state index in [0.717, 1.165) is 12.8 Å². The summed E-state index contributed by atoms with van der Waals surface area (Å²) in [6, 6.07) is 0.177. The van der Waals surface area contributed by atoms with Gasteiger partial charge in [-0.2, -0.15) is 0 Å². The summed E-state index contributed by atoms with van der Waals surface area (Å²) in [7, 11) is 0. The zero-order valence-corrected chi connectivity index (χ0v) is 10.5. The van der Waals surface area contributed by atoms with E-state index in [-0.39, 0.29) is 17.4 Å². The lowest BCUT2D eigenvalue weighted by molar-refractivity contribution is -0.145. The second-order valence-corrected chi connectivity index (χ2v) is 4.80. The van der Waals surface area contributed by atoms with Crippen LogP contribution < -0.4 is 5.32 Å². The van der Waals surface area contributed by atoms with Gasteiger partial charge in [0.1, 0.15) is 6.04 Å². The molecule has 0 amide bonds. The maximum absolute atomic E-state index is 11.6. The fraction of sp³-hybridized carbons (Fsp3) is 0.909. The Labute approximate surface area is 105 Å². The van der Waals surface area contributed by atoms with Crippen LogP contribution in [0.5, 0.6) is 0 Å². The summed E-state index contributed by atoms with van der Waals surface area (Å²) in [6.07, 6.45) is 1.82. The lowest BCUT2D eigenvalue weighted by Gasteiger charge is -2.15. The number of hydrogen-bond donors (Lipinski definition) is 1. The van der Waals surface area contributed by atoms with Gasteiger partial charge in [0.2, 0.25) is 0 Å². The number of azide groups is 1. The van der Waals surface area contributed by atoms with Gasteiger partial charge in [0.15, 0.2) is 0 Å². The molecule has 1 saturated heterocycles. The minimum absolute atomic E-state index is 0.0911. The molecular formula is C11H18N4O3. The van der Waals surface area contributed by atoms with Gasteiger partial charge in [0.05, 0.1) is 19.8 Å². The zero-order chi connectivity index (χ0) is 13.0. The van der Waals surface area contributed by atoms with Gasteiger partial charge in [0, 0.05) is 22.9 Å². The molecule has 100 valence electrons. The third-order valence-electron chi connectivity index (χ3n) is 3.56. The average molecular weight is 254 g/mol. The van der Waals surface area contributed by atoms with Gasteiger partial charge < -0.3 is 14.8 Å². The van der Waals surface area contributed by atoms with Crippen LogP contribution in [0.25, 0.3) is 10.4 Å². The number of piperidine rings is 1. The first-order chi connectivity index (χ1) is 8.72. The summed E-state index contributed by atoms with van der Waals surface area (Å²) in [5.41, 5.74) is 8.21. The van der Waals surface area contributed by atoms with Crippen molar-refractivity contribution >= 4 is 5.97 Å². The Morgan fingerprint density at radius 2 is 2.44 bits per heavy atom. The van der Waals surface area contributed by atoms with Crippen molar-refractivity contribution in [3.63, 3.8) is 0 Å². The number of carbonyl (C=O) groups excluding carboxylic acids is 1. The molecule has 7 nitrogen and oxygen atoms in total. The fourth-order valence-electron chi connectivity index (χ4n) is 2.56. The van der Waals surface area contributed by atoms with Gasteiger partial charge in [-0.25, -0.2) is 0 Å². The van der Waals surface area contributed by atoms with Crippen molar-refractivity contribution in [2.24, 2.45) is 10.5 Å². The van der Waals surface area contributed by atoms with Crippen LogP contribution in [0.3, 0.4) is 0 Å². The summed E-state index contributed by atoms with van der Waals surface area (Å²) in [5.74, 6) is -0.168. The molecule has 1 heterocycles. The highest BCUT2D eigenvalue weighted by atomic mass is 16.5. The molecule has 0 aromatic carbocycles. The molecule has 18 heavy (non-hydrogen) atoms. The maximum atomic E-state index is 11.6. The first kappa shape index (κ1) is 13.1. The van der Waals surface area contributed by atoms with Gasteiger partial charge in [-0.1, -0.05) is 5.11 Å². The molecular weight excluding hydrogens is 236 g/mol. The third kappa shape index (κ3) is 2.75. The van der Waals surface area contributed by atoms with Crippen molar-refractivity contribution in [2.75, 3.05) is 26.4 Å². The third-order valence-corrected chi connectivity index (χ3v) is 3.56. The molecule has 2 fully saturated rings. The minimum Gasteiger partial charge on any atom is -0.465 e. The summed E-state index contributed by atoms with van der Waals surface area (Å²) in [4.78, 5) is 14.2. The Morgan fingerprint density at radius 3 is 3.17 bits per heavy atom. The lowest BCUT2D eigenvalue weighted by Crippen LogP contribution is -2.35. The van der Waals surface area contributed by atoms with E-state index in [1.165, 1.54) is 0 Å². The van der Waals surface area contributed by atoms with Crippen molar-refractivity contribution in [3.8, 4) is 0 Å². The molecule has 1 N–H and O–H groups in total. The molecule has 7 heteroatoms. The van der Waals surface area contributed by atoms with E-state index in [1.54, 1.807) is 0 Å². The monoisotopic (exact) mass is 254 g/mol. The number of hydrogen-bond acceptors (Lipinski definition) is 5. The Morgan fingerprint density at radius 1 is 1.61 bits per heavy atom. The Kier molecular flexibility index (Phi) is 4.06. The van der Waals surface area contributed by atoms with Crippen molar-refractivity contribution < 1.29 is 14.3 Å². The van der Waals surface area contributed by atoms with Gasteiger partial charge >= 0.3 is 5.97 Å². The van der Waals surface area contributed by atoms with Crippen molar-refractivity contribution in [1.82, 2.24) is 5.32 Å². The largest absolute Gasteiger partial charge is 0.465 e. The normalized spacial score (nSPS) is 32.5. The smallest absolute Gasteiger partial charge is 0.323 e. The van der Waals surface area contributed by atoms with Crippen LogP contribution in [0, 0.1) is 5.41 Å². The molecule has 1 aliphatic heterocycles. The second-order valence-electron chi connectivity index (χ2n) is 4.80. The Hall–Kier alpha value is -1.30. The molecule has 1 saturated carbocycles. The molecule has 0 aromatic heterocycles. The second kappa shape index (κ2) is 5.56. The predicted octanol–water partition coefficient (Wildman–Crippen LogP) is 0.997. The maximum Gasteiger partial charge on any atom is 0.323 e. The minimum atomic E-state index is -0.190. The number of rotatable bonds is 7. The topological polar surface area (TPSA) is 96.3 Å². The molecule has 0 bridgehead atoms. The standard InChI is InChI=1S/C11H18N4O3/c1-2-18-10(16)8-5-11(6-9(11)14-8)7-17-4-3-13-15-12/h8-9,14H,2-7H2,1H3/t8-,9-,11+/m0/s1. The lowest BCUT2D eigenvalue weighted by atomic mass is 10.0. The average Bonchev–Trinajstić information content (AvgIpc) is 2.91. The fourth-order valence-corrected chi connectivity index (χ4v) is 2.56. The molecule has 3 atom stereocenters. The molecule has 0 radical (unpaired) electrons. The van der Waals surface area contributed by atoms with E-state index in [0.29, 0.717) is 32.4 Å². The highest BCUT2D eigenvalue weighted by molar-refractivity contribution is 5.77. The summed E-state index contributed by atoms with van der Waals surface area (Å²) in [6.45, 7) is 3.62. The van der Waals surface area contributed by atoms with Gasteiger partial charge in [0.25, 0.3) is 0 Å². The molecule has 2 aliphatic rings. The van der Waals surface area contributed by atoms with Gasteiger partial charge in [-0.05, 0) is 25.3 Å². The van der Waals surface area contributed by atoms with E-state index in [1.807, 2.05) is 6.92 Å². The Bertz CT molecular complexity index is 369. The highest BCUT2D eigenvalue weighted by Gasteiger charge is 2.61. The SMILES string of the molecule is CCOC(=O)[C@@H]1C[C@]2(COCCN=[N+]=[N-])C[C@@H]2N1. The summed E-state index contributed by atoms with van der Waals surface area (Å²) < 4.78 is 10.5. The Balaban J connectivity index is 1.71. The van der Waals surface area contributed by atoms with Crippen LogP contribution in [0.1, 0.15) is 19.8 Å². The van der Waals surface area contributed by atoms with Crippen molar-refractivity contribution in [1.29, 1.82) is 0 Å². The number of fused-ring (bicyclic) bond motifs is 1. The van der Waals surface area contributed by atoms with Crippen LogP contribution in [-0.2, 0) is 14.3 Å². The first-order valence-electron chi connectivity index (χ1n) is 6.23. The van der Waals surface area contributed by atoms with E-state index in [2.05, 4.69) is 15.3 Å².